The summed E-state index contributed by atoms with van der Waals surface area (Å²) >= 11 is 0. The maximum atomic E-state index is 13.1. The molecule has 0 bridgehead atoms. The van der Waals surface area contributed by atoms with Crippen molar-refractivity contribution in [2.75, 3.05) is 23.9 Å². The fourth-order valence-electron chi connectivity index (χ4n) is 2.95. The van der Waals surface area contributed by atoms with Gasteiger partial charge in [-0.3, -0.25) is 24.7 Å². The number of urea groups is 2. The highest BCUT2D eigenvalue weighted by Gasteiger charge is 2.44. The van der Waals surface area contributed by atoms with Gasteiger partial charge in [-0.1, -0.05) is 0 Å². The third-order valence-corrected chi connectivity index (χ3v) is 4.46. The summed E-state index contributed by atoms with van der Waals surface area (Å²) in [6, 6.07) is 9.07. The molecule has 0 spiro atoms. The van der Waals surface area contributed by atoms with Crippen molar-refractivity contribution in [3.8, 4) is 5.75 Å². The van der Waals surface area contributed by atoms with Crippen LogP contribution in [-0.2, 0) is 9.59 Å². The molecule has 1 atom stereocenters. The van der Waals surface area contributed by atoms with E-state index in [1.165, 1.54) is 38.3 Å². The van der Waals surface area contributed by atoms with Crippen molar-refractivity contribution in [3.05, 3.63) is 54.3 Å². The molecule has 1 heterocycles. The van der Waals surface area contributed by atoms with Crippen molar-refractivity contribution < 1.29 is 28.3 Å². The third-order valence-electron chi connectivity index (χ3n) is 4.46. The van der Waals surface area contributed by atoms with Gasteiger partial charge in [-0.25, -0.2) is 14.0 Å². The van der Waals surface area contributed by atoms with Gasteiger partial charge in [0.2, 0.25) is 5.91 Å². The summed E-state index contributed by atoms with van der Waals surface area (Å²) in [7, 11) is 1.51. The number of ether oxygens (including phenoxy) is 1. The van der Waals surface area contributed by atoms with Crippen LogP contribution in [0.3, 0.4) is 0 Å². The lowest BCUT2D eigenvalue weighted by Gasteiger charge is -2.19. The Morgan fingerprint density at radius 1 is 1.07 bits per heavy atom. The number of anilines is 2. The van der Waals surface area contributed by atoms with Gasteiger partial charge in [-0.2, -0.15) is 0 Å². The monoisotopic (exact) mass is 414 g/mol. The third kappa shape index (κ3) is 4.37. The van der Waals surface area contributed by atoms with Crippen LogP contribution in [0.15, 0.2) is 48.5 Å². The molecule has 0 saturated carbocycles. The predicted octanol–water partition coefficient (Wildman–Crippen LogP) is 2.34. The average Bonchev–Trinajstić information content (AvgIpc) is 2.92. The second-order valence-corrected chi connectivity index (χ2v) is 6.46. The van der Waals surface area contributed by atoms with Crippen LogP contribution in [0.2, 0.25) is 0 Å². The Labute approximate surface area is 171 Å². The Bertz CT molecular complexity index is 978. The van der Waals surface area contributed by atoms with E-state index < -0.39 is 42.3 Å². The molecule has 9 nitrogen and oxygen atoms in total. The molecule has 0 radical (unpaired) electrons. The van der Waals surface area contributed by atoms with Gasteiger partial charge in [0.05, 0.1) is 7.11 Å². The molecule has 3 rings (SSSR count). The SMILES string of the molecule is COc1ccc(NC(=O)NC(=O)CN2C(=O)C(C)N(c3ccc(F)cc3)C2=O)cc1. The number of carbonyl (C=O) groups excluding carboxylic acids is 4. The maximum Gasteiger partial charge on any atom is 0.332 e. The highest BCUT2D eigenvalue weighted by molar-refractivity contribution is 6.16. The molecule has 2 aromatic carbocycles. The van der Waals surface area contributed by atoms with Crippen LogP contribution >= 0.6 is 0 Å². The van der Waals surface area contributed by atoms with Crippen molar-refractivity contribution in [1.82, 2.24) is 10.2 Å². The molecule has 1 aliphatic heterocycles. The largest absolute Gasteiger partial charge is 0.497 e. The number of amides is 6. The zero-order chi connectivity index (χ0) is 21.8. The number of nitrogens with zero attached hydrogens (tertiary/aromatic N) is 2. The minimum atomic E-state index is -0.871. The van der Waals surface area contributed by atoms with E-state index >= 15 is 0 Å². The Morgan fingerprint density at radius 2 is 1.70 bits per heavy atom. The maximum absolute atomic E-state index is 13.1. The number of carbonyl (C=O) groups is 4. The number of rotatable bonds is 5. The van der Waals surface area contributed by atoms with E-state index in [0.29, 0.717) is 17.1 Å². The van der Waals surface area contributed by atoms with Crippen molar-refractivity contribution in [2.45, 2.75) is 13.0 Å². The van der Waals surface area contributed by atoms with Crippen LogP contribution in [0.25, 0.3) is 0 Å². The second kappa shape index (κ2) is 8.60. The van der Waals surface area contributed by atoms with Gasteiger partial charge >= 0.3 is 12.1 Å². The first kappa shape index (κ1) is 20.8. The van der Waals surface area contributed by atoms with Gasteiger partial charge in [-0.15, -0.1) is 0 Å². The zero-order valence-electron chi connectivity index (χ0n) is 16.2. The Hall–Kier alpha value is -3.95. The van der Waals surface area contributed by atoms with E-state index in [9.17, 15) is 23.6 Å². The zero-order valence-corrected chi connectivity index (χ0v) is 16.2. The lowest BCUT2D eigenvalue weighted by Crippen LogP contribution is -2.44. The van der Waals surface area contributed by atoms with E-state index in [4.69, 9.17) is 4.74 Å². The summed E-state index contributed by atoms with van der Waals surface area (Å²) in [6.07, 6.45) is 0. The first-order valence-corrected chi connectivity index (χ1v) is 8.95. The lowest BCUT2D eigenvalue weighted by molar-refractivity contribution is -0.131. The Morgan fingerprint density at radius 3 is 2.30 bits per heavy atom. The van der Waals surface area contributed by atoms with Crippen molar-refractivity contribution in [1.29, 1.82) is 0 Å². The normalized spacial score (nSPS) is 15.9. The Kier molecular flexibility index (Phi) is 5.95. The molecule has 30 heavy (non-hydrogen) atoms. The number of methoxy groups -OCH3 is 1. The van der Waals surface area contributed by atoms with Gasteiger partial charge in [0.1, 0.15) is 24.2 Å². The molecule has 1 saturated heterocycles. The number of halogens is 1. The molecule has 0 aliphatic carbocycles. The molecule has 10 heteroatoms. The van der Waals surface area contributed by atoms with Crippen molar-refractivity contribution in [2.24, 2.45) is 0 Å². The molecule has 1 fully saturated rings. The van der Waals surface area contributed by atoms with Crippen LogP contribution in [0, 0.1) is 5.82 Å². The number of benzene rings is 2. The molecule has 2 aromatic rings. The minimum absolute atomic E-state index is 0.322. The first-order valence-electron chi connectivity index (χ1n) is 8.95. The Balaban J connectivity index is 1.61. The molecule has 156 valence electrons. The van der Waals surface area contributed by atoms with Crippen LogP contribution in [0.1, 0.15) is 6.92 Å². The lowest BCUT2D eigenvalue weighted by atomic mass is 10.2. The van der Waals surface area contributed by atoms with E-state index in [0.717, 1.165) is 9.80 Å². The van der Waals surface area contributed by atoms with Crippen LogP contribution in [0.4, 0.5) is 25.4 Å². The topological polar surface area (TPSA) is 108 Å². The molecule has 0 aromatic heterocycles. The number of hydrogen-bond donors (Lipinski definition) is 2. The predicted molar refractivity (Wildman–Crippen MR) is 106 cm³/mol. The van der Waals surface area contributed by atoms with Crippen LogP contribution in [-0.4, -0.2) is 48.5 Å². The fourth-order valence-corrected chi connectivity index (χ4v) is 2.95. The van der Waals surface area contributed by atoms with Crippen molar-refractivity contribution >= 4 is 35.3 Å². The summed E-state index contributed by atoms with van der Waals surface area (Å²) in [6.45, 7) is 0.869. The van der Waals surface area contributed by atoms with Crippen molar-refractivity contribution in [3.63, 3.8) is 0 Å². The van der Waals surface area contributed by atoms with E-state index in [-0.39, 0.29) is 0 Å². The number of imide groups is 2. The second-order valence-electron chi connectivity index (χ2n) is 6.46. The quantitative estimate of drug-likeness (QED) is 0.730. The molecule has 1 unspecified atom stereocenters. The average molecular weight is 414 g/mol. The smallest absolute Gasteiger partial charge is 0.332 e. The van der Waals surface area contributed by atoms with Gasteiger partial charge in [0.25, 0.3) is 5.91 Å². The number of nitrogens with one attached hydrogen (secondary N) is 2. The van der Waals surface area contributed by atoms with Gasteiger partial charge < -0.3 is 10.1 Å². The molecule has 6 amide bonds. The summed E-state index contributed by atoms with van der Waals surface area (Å²) < 4.78 is 18.1. The molecule has 2 N–H and O–H groups in total. The van der Waals surface area contributed by atoms with Crippen LogP contribution in [0.5, 0.6) is 5.75 Å². The standard InChI is InChI=1S/C20H19FN4O5/c1-12-18(27)24(20(29)25(12)15-7-3-13(21)4-8-15)11-17(26)23-19(28)22-14-5-9-16(30-2)10-6-14/h3-10,12H,11H2,1-2H3,(H2,22,23,26,28). The van der Waals surface area contributed by atoms with E-state index in [1.807, 2.05) is 0 Å². The number of hydrogen-bond acceptors (Lipinski definition) is 5. The highest BCUT2D eigenvalue weighted by Crippen LogP contribution is 2.25. The molecular formula is C20H19FN4O5. The fraction of sp³-hybridized carbons (Fsp3) is 0.200. The van der Waals surface area contributed by atoms with Gasteiger partial charge in [0.15, 0.2) is 0 Å². The van der Waals surface area contributed by atoms with Crippen LogP contribution < -0.4 is 20.3 Å². The van der Waals surface area contributed by atoms with Gasteiger partial charge in [-0.05, 0) is 55.5 Å². The summed E-state index contributed by atoms with van der Waals surface area (Å²) in [5.41, 5.74) is 0.743. The van der Waals surface area contributed by atoms with E-state index in [1.54, 1.807) is 24.3 Å². The van der Waals surface area contributed by atoms with Gasteiger partial charge in [0, 0.05) is 11.4 Å². The summed E-state index contributed by atoms with van der Waals surface area (Å²) in [4.78, 5) is 51.1. The summed E-state index contributed by atoms with van der Waals surface area (Å²) in [5, 5.41) is 4.53. The highest BCUT2D eigenvalue weighted by atomic mass is 19.1. The van der Waals surface area contributed by atoms with E-state index in [2.05, 4.69) is 10.6 Å². The molecular weight excluding hydrogens is 395 g/mol. The summed E-state index contributed by atoms with van der Waals surface area (Å²) in [5.74, 6) is -1.32. The molecule has 1 aliphatic rings. The first-order chi connectivity index (χ1) is 14.3. The minimum Gasteiger partial charge on any atom is -0.497 e.